The second-order valence-electron chi connectivity index (χ2n) is 9.06. The van der Waals surface area contributed by atoms with Crippen molar-refractivity contribution in [1.82, 2.24) is 25.2 Å². The van der Waals surface area contributed by atoms with E-state index in [1.807, 2.05) is 6.20 Å². The zero-order valence-corrected chi connectivity index (χ0v) is 20.3. The van der Waals surface area contributed by atoms with Crippen LogP contribution < -0.4 is 19.5 Å². The van der Waals surface area contributed by atoms with E-state index in [0.717, 1.165) is 5.69 Å². The number of methoxy groups -OCH3 is 2. The maximum Gasteiger partial charge on any atom is 0.251 e. The molecule has 4 heterocycles. The van der Waals surface area contributed by atoms with Gasteiger partial charge in [-0.15, -0.1) is 5.10 Å². The van der Waals surface area contributed by atoms with Crippen molar-refractivity contribution in [2.45, 2.75) is 50.7 Å². The maximum atomic E-state index is 12.9. The highest BCUT2D eigenvalue weighted by molar-refractivity contribution is 5.95. The molecular weight excluding hydrogens is 454 g/mol. The van der Waals surface area contributed by atoms with E-state index in [9.17, 15) is 14.7 Å². The van der Waals surface area contributed by atoms with Gasteiger partial charge in [0.25, 0.3) is 5.91 Å². The molecule has 11 heteroatoms. The minimum absolute atomic E-state index is 0.00468. The quantitative estimate of drug-likeness (QED) is 0.647. The smallest absolute Gasteiger partial charge is 0.251 e. The van der Waals surface area contributed by atoms with Crippen LogP contribution in [0.5, 0.6) is 17.2 Å². The minimum Gasteiger partial charge on any atom is -0.493 e. The number of amides is 2. The van der Waals surface area contributed by atoms with Gasteiger partial charge in [-0.25, -0.2) is 0 Å². The van der Waals surface area contributed by atoms with Gasteiger partial charge in [-0.2, -0.15) is 0 Å². The molecule has 190 valence electrons. The van der Waals surface area contributed by atoms with E-state index >= 15 is 0 Å². The summed E-state index contributed by atoms with van der Waals surface area (Å²) in [5, 5.41) is 22.3. The lowest BCUT2D eigenvalue weighted by molar-refractivity contribution is -0.138. The third kappa shape index (κ3) is 6.02. The number of ether oxygens (including phenoxy) is 3. The van der Waals surface area contributed by atoms with Gasteiger partial charge in [0.2, 0.25) is 11.7 Å². The summed E-state index contributed by atoms with van der Waals surface area (Å²) in [6.45, 7) is 1.80. The molecule has 1 saturated heterocycles. The number of aromatic nitrogens is 3. The van der Waals surface area contributed by atoms with E-state index in [1.165, 1.54) is 14.2 Å². The lowest BCUT2D eigenvalue weighted by Crippen LogP contribution is -2.55. The predicted octanol–water partition coefficient (Wildman–Crippen LogP) is 1.18. The lowest BCUT2D eigenvalue weighted by Gasteiger charge is -2.39. The molecule has 35 heavy (non-hydrogen) atoms. The van der Waals surface area contributed by atoms with E-state index in [1.54, 1.807) is 21.7 Å². The van der Waals surface area contributed by atoms with Gasteiger partial charge in [0, 0.05) is 44.2 Å². The number of fused-ring (bicyclic) bond motifs is 10. The molecule has 5 rings (SSSR count). The largest absolute Gasteiger partial charge is 0.493 e. The SMILES string of the molecule is COc1cc2cc(OC)c1OCCCn1cc(nn1)CCCC(=O)N1CCCC(O)(CNC2=O)C1. The Hall–Kier alpha value is -3.34. The fourth-order valence-corrected chi connectivity index (χ4v) is 4.51. The zero-order valence-electron chi connectivity index (χ0n) is 20.3. The summed E-state index contributed by atoms with van der Waals surface area (Å²) in [5.74, 6) is 0.776. The Morgan fingerprint density at radius 1 is 1.09 bits per heavy atom. The highest BCUT2D eigenvalue weighted by Gasteiger charge is 2.35. The Bertz CT molecular complexity index is 1030. The summed E-state index contributed by atoms with van der Waals surface area (Å²) >= 11 is 0. The molecule has 3 aliphatic heterocycles. The molecule has 2 N–H and O–H groups in total. The van der Waals surface area contributed by atoms with Crippen LogP contribution in [-0.4, -0.2) is 82.9 Å². The summed E-state index contributed by atoms with van der Waals surface area (Å²) in [5.41, 5.74) is -0.0387. The van der Waals surface area contributed by atoms with Gasteiger partial charge in [0.15, 0.2) is 11.5 Å². The molecular formula is C24H33N5O6. The molecule has 11 nitrogen and oxygen atoms in total. The standard InChI is InChI=1S/C24H33N5O6/c1-33-19-12-17-13-20(34-2)22(19)35-11-5-10-29-14-18(26-27-29)6-3-7-21(30)28-9-4-8-24(32,16-28)15-25-23(17)31/h12-14,32H,3-11,15-16H2,1-2H3,(H,25,31). The molecule has 6 bridgehead atoms. The first-order chi connectivity index (χ1) is 16.9. The molecule has 1 unspecified atom stereocenters. The zero-order chi connectivity index (χ0) is 24.8. The van der Waals surface area contributed by atoms with Crippen molar-refractivity contribution in [2.75, 3.05) is 40.5 Å². The van der Waals surface area contributed by atoms with Crippen molar-refractivity contribution in [3.63, 3.8) is 0 Å². The number of rotatable bonds is 2. The number of aryl methyl sites for hydroxylation is 2. The van der Waals surface area contributed by atoms with Crippen LogP contribution >= 0.6 is 0 Å². The van der Waals surface area contributed by atoms with Crippen LogP contribution in [0, 0.1) is 0 Å². The molecule has 1 fully saturated rings. The fraction of sp³-hybridized carbons (Fsp3) is 0.583. The van der Waals surface area contributed by atoms with Gasteiger partial charge in [-0.05, 0) is 37.8 Å². The third-order valence-electron chi connectivity index (χ3n) is 6.40. The molecule has 0 aliphatic carbocycles. The third-order valence-corrected chi connectivity index (χ3v) is 6.40. The predicted molar refractivity (Wildman–Crippen MR) is 126 cm³/mol. The Morgan fingerprint density at radius 3 is 2.60 bits per heavy atom. The Labute approximate surface area is 204 Å². The average molecular weight is 488 g/mol. The first-order valence-electron chi connectivity index (χ1n) is 12.0. The fourth-order valence-electron chi connectivity index (χ4n) is 4.51. The Kier molecular flexibility index (Phi) is 7.74. The summed E-state index contributed by atoms with van der Waals surface area (Å²) in [4.78, 5) is 27.4. The number of hydrogen-bond acceptors (Lipinski definition) is 8. The van der Waals surface area contributed by atoms with E-state index < -0.39 is 5.60 Å². The number of carbonyl (C=O) groups is 2. The number of piperidine rings is 1. The molecule has 1 aromatic heterocycles. The average Bonchev–Trinajstić information content (AvgIpc) is 3.31. The van der Waals surface area contributed by atoms with Crippen LogP contribution in [0.3, 0.4) is 0 Å². The first kappa shape index (κ1) is 24.8. The first-order valence-corrected chi connectivity index (χ1v) is 12.0. The van der Waals surface area contributed by atoms with Gasteiger partial charge in [0.1, 0.15) is 0 Å². The topological polar surface area (TPSA) is 128 Å². The number of nitrogens with one attached hydrogen (secondary N) is 1. The summed E-state index contributed by atoms with van der Waals surface area (Å²) in [6, 6.07) is 3.17. The van der Waals surface area contributed by atoms with Crippen molar-refractivity contribution in [2.24, 2.45) is 0 Å². The van der Waals surface area contributed by atoms with Gasteiger partial charge in [-0.1, -0.05) is 5.21 Å². The molecule has 1 atom stereocenters. The molecule has 0 spiro atoms. The molecule has 0 radical (unpaired) electrons. The van der Waals surface area contributed by atoms with E-state index in [4.69, 9.17) is 14.2 Å². The highest BCUT2D eigenvalue weighted by Crippen LogP contribution is 2.38. The van der Waals surface area contributed by atoms with Crippen LogP contribution in [0.1, 0.15) is 48.2 Å². The van der Waals surface area contributed by atoms with Crippen LogP contribution in [0.15, 0.2) is 18.3 Å². The summed E-state index contributed by atoms with van der Waals surface area (Å²) in [6.07, 6.45) is 5.40. The summed E-state index contributed by atoms with van der Waals surface area (Å²) < 4.78 is 18.6. The Morgan fingerprint density at radius 2 is 1.86 bits per heavy atom. The van der Waals surface area contributed by atoms with Gasteiger partial charge in [0.05, 0.1) is 38.7 Å². The van der Waals surface area contributed by atoms with Crippen molar-refractivity contribution >= 4 is 11.8 Å². The molecule has 3 aliphatic rings. The monoisotopic (exact) mass is 487 g/mol. The van der Waals surface area contributed by atoms with Gasteiger partial charge >= 0.3 is 0 Å². The number of aliphatic hydroxyl groups is 1. The number of hydrogen-bond donors (Lipinski definition) is 2. The van der Waals surface area contributed by atoms with Gasteiger partial charge in [-0.3, -0.25) is 14.3 Å². The maximum absolute atomic E-state index is 12.9. The molecule has 1 aromatic carbocycles. The van der Waals surface area contributed by atoms with Crippen molar-refractivity contribution in [3.8, 4) is 17.2 Å². The van der Waals surface area contributed by atoms with E-state index in [-0.39, 0.29) is 24.9 Å². The number of benzene rings is 1. The normalized spacial score (nSPS) is 22.1. The van der Waals surface area contributed by atoms with Crippen LogP contribution in [0.4, 0.5) is 0 Å². The highest BCUT2D eigenvalue weighted by atomic mass is 16.5. The van der Waals surface area contributed by atoms with E-state index in [0.29, 0.717) is 81.0 Å². The van der Waals surface area contributed by atoms with Gasteiger partial charge < -0.3 is 29.5 Å². The minimum atomic E-state index is -1.19. The van der Waals surface area contributed by atoms with Crippen molar-refractivity contribution < 1.29 is 28.9 Å². The molecule has 2 aromatic rings. The van der Waals surface area contributed by atoms with Crippen molar-refractivity contribution in [1.29, 1.82) is 0 Å². The number of carbonyl (C=O) groups excluding carboxylic acids is 2. The lowest BCUT2D eigenvalue weighted by atomic mass is 9.92. The molecule has 2 amide bonds. The Balaban J connectivity index is 1.58. The summed E-state index contributed by atoms with van der Waals surface area (Å²) in [7, 11) is 3.00. The van der Waals surface area contributed by atoms with Crippen LogP contribution in [-0.2, 0) is 17.8 Å². The molecule has 0 saturated carbocycles. The van der Waals surface area contributed by atoms with Crippen LogP contribution in [0.2, 0.25) is 0 Å². The number of nitrogens with zero attached hydrogens (tertiary/aromatic N) is 4. The second kappa shape index (κ2) is 10.9. The second-order valence-corrected chi connectivity index (χ2v) is 9.06. The van der Waals surface area contributed by atoms with Crippen molar-refractivity contribution in [3.05, 3.63) is 29.6 Å². The van der Waals surface area contributed by atoms with Crippen LogP contribution in [0.25, 0.3) is 0 Å². The van der Waals surface area contributed by atoms with E-state index in [2.05, 4.69) is 15.6 Å².